The van der Waals surface area contributed by atoms with Crippen molar-refractivity contribution in [3.8, 4) is 11.4 Å². The van der Waals surface area contributed by atoms with Gasteiger partial charge in [-0.05, 0) is 43.7 Å². The summed E-state index contributed by atoms with van der Waals surface area (Å²) in [5, 5.41) is 10.9. The van der Waals surface area contributed by atoms with E-state index in [1.165, 1.54) is 0 Å². The van der Waals surface area contributed by atoms with E-state index in [2.05, 4.69) is 37.6 Å². The lowest BCUT2D eigenvalue weighted by Crippen LogP contribution is -2.24. The zero-order valence-electron chi connectivity index (χ0n) is 17.0. The summed E-state index contributed by atoms with van der Waals surface area (Å²) in [5.74, 6) is 1.67. The number of anilines is 2. The Bertz CT molecular complexity index is 1170. The second kappa shape index (κ2) is 8.69. The lowest BCUT2D eigenvalue weighted by Gasteiger charge is -2.10. The monoisotopic (exact) mass is 401 g/mol. The molecule has 1 aromatic carbocycles. The average molecular weight is 401 g/mol. The molecule has 8 nitrogen and oxygen atoms in total. The molecule has 4 aromatic rings. The maximum atomic E-state index is 12.4. The third-order valence-corrected chi connectivity index (χ3v) is 4.57. The van der Waals surface area contributed by atoms with Gasteiger partial charge in [-0.1, -0.05) is 19.4 Å². The van der Waals surface area contributed by atoms with Crippen LogP contribution in [0.15, 0.2) is 54.9 Å². The molecule has 4 rings (SSSR count). The van der Waals surface area contributed by atoms with Gasteiger partial charge in [-0.25, -0.2) is 4.98 Å². The van der Waals surface area contributed by atoms with Crippen LogP contribution in [0.2, 0.25) is 0 Å². The topological polar surface area (TPSA) is 97.1 Å². The molecule has 0 radical (unpaired) electrons. The molecule has 0 aliphatic rings. The molecule has 0 aliphatic carbocycles. The Kier molecular flexibility index (Phi) is 5.65. The van der Waals surface area contributed by atoms with Gasteiger partial charge >= 0.3 is 0 Å². The highest BCUT2D eigenvalue weighted by Gasteiger charge is 2.13. The predicted octanol–water partition coefficient (Wildman–Crippen LogP) is 3.77. The molecule has 8 heteroatoms. The number of carbonyl (C=O) groups is 1. The molecule has 30 heavy (non-hydrogen) atoms. The number of hydrogen-bond donors (Lipinski definition) is 2. The number of aromatic nitrogens is 5. The lowest BCUT2D eigenvalue weighted by molar-refractivity contribution is 0.0953. The summed E-state index contributed by atoms with van der Waals surface area (Å²) in [5.41, 5.74) is 3.01. The van der Waals surface area contributed by atoms with E-state index in [1.54, 1.807) is 23.0 Å². The van der Waals surface area contributed by atoms with Crippen LogP contribution < -0.4 is 10.6 Å². The van der Waals surface area contributed by atoms with Crippen molar-refractivity contribution in [3.05, 3.63) is 66.1 Å². The van der Waals surface area contributed by atoms with Gasteiger partial charge in [0.1, 0.15) is 5.82 Å². The Morgan fingerprint density at radius 3 is 2.83 bits per heavy atom. The Labute approximate surface area is 174 Å². The van der Waals surface area contributed by atoms with Crippen LogP contribution in [0.3, 0.4) is 0 Å². The van der Waals surface area contributed by atoms with Gasteiger partial charge in [0.25, 0.3) is 11.7 Å². The summed E-state index contributed by atoms with van der Waals surface area (Å²) < 4.78 is 1.66. The highest BCUT2D eigenvalue weighted by Crippen LogP contribution is 2.21. The molecule has 0 atom stereocenters. The molecule has 0 saturated heterocycles. The number of nitrogens with one attached hydrogen (secondary N) is 2. The Balaban J connectivity index is 1.63. The number of pyridine rings is 1. The molecular weight excluding hydrogens is 378 g/mol. The van der Waals surface area contributed by atoms with Crippen molar-refractivity contribution < 1.29 is 4.79 Å². The predicted molar refractivity (Wildman–Crippen MR) is 116 cm³/mol. The molecule has 1 amide bonds. The van der Waals surface area contributed by atoms with Crippen LogP contribution in [0.4, 0.5) is 11.5 Å². The normalized spacial score (nSPS) is 10.9. The Morgan fingerprint density at radius 2 is 2.03 bits per heavy atom. The number of rotatable bonds is 7. The second-order valence-electron chi connectivity index (χ2n) is 6.99. The first-order valence-electron chi connectivity index (χ1n) is 9.94. The van der Waals surface area contributed by atoms with Crippen molar-refractivity contribution in [2.45, 2.75) is 26.7 Å². The molecule has 3 aromatic heterocycles. The van der Waals surface area contributed by atoms with Gasteiger partial charge in [0, 0.05) is 47.5 Å². The number of fused-ring (bicyclic) bond motifs is 1. The number of amides is 1. The fourth-order valence-corrected chi connectivity index (χ4v) is 3.06. The third-order valence-electron chi connectivity index (χ3n) is 4.57. The minimum absolute atomic E-state index is 0.0808. The minimum atomic E-state index is -0.0808. The van der Waals surface area contributed by atoms with Crippen LogP contribution in [0.5, 0.6) is 0 Å². The molecule has 0 aliphatic heterocycles. The molecule has 0 spiro atoms. The minimum Gasteiger partial charge on any atom is -0.352 e. The van der Waals surface area contributed by atoms with E-state index in [9.17, 15) is 4.79 Å². The van der Waals surface area contributed by atoms with Crippen LogP contribution in [0.25, 0.3) is 17.2 Å². The van der Waals surface area contributed by atoms with Crippen LogP contribution in [0.1, 0.15) is 35.8 Å². The summed E-state index contributed by atoms with van der Waals surface area (Å²) in [4.78, 5) is 25.5. The summed E-state index contributed by atoms with van der Waals surface area (Å²) >= 11 is 0. The molecule has 152 valence electrons. The van der Waals surface area contributed by atoms with Crippen LogP contribution >= 0.6 is 0 Å². The van der Waals surface area contributed by atoms with Crippen molar-refractivity contribution in [2.24, 2.45) is 0 Å². The third kappa shape index (κ3) is 4.27. The van der Waals surface area contributed by atoms with Gasteiger partial charge in [0.05, 0.1) is 0 Å². The fraction of sp³-hybridized carbons (Fsp3) is 0.227. The Hall–Kier alpha value is -3.81. The van der Waals surface area contributed by atoms with Gasteiger partial charge in [0.2, 0.25) is 0 Å². The number of hydrogen-bond acceptors (Lipinski definition) is 6. The van der Waals surface area contributed by atoms with Gasteiger partial charge in [-0.3, -0.25) is 9.78 Å². The van der Waals surface area contributed by atoms with Crippen molar-refractivity contribution in [3.63, 3.8) is 0 Å². The first-order valence-corrected chi connectivity index (χ1v) is 9.94. The smallest absolute Gasteiger partial charge is 0.254 e. The number of unbranched alkanes of at least 4 members (excludes halogenated alkanes) is 1. The standard InChI is InChI=1S/C22H23N7O/c1-3-4-11-24-21(30)16-7-5-9-18(13-16)26-19-12-15(2)25-22-27-20(28-29(19)22)17-8-6-10-23-14-17/h5-10,12-14,26H,3-4,11H2,1-2H3,(H,24,30). The fourth-order valence-electron chi connectivity index (χ4n) is 3.06. The van der Waals surface area contributed by atoms with Crippen LogP contribution in [0, 0.1) is 6.92 Å². The summed E-state index contributed by atoms with van der Waals surface area (Å²) in [7, 11) is 0. The molecule has 3 heterocycles. The second-order valence-corrected chi connectivity index (χ2v) is 6.99. The van der Waals surface area contributed by atoms with E-state index in [0.717, 1.165) is 29.8 Å². The van der Waals surface area contributed by atoms with Crippen molar-refractivity contribution in [1.82, 2.24) is 29.9 Å². The van der Waals surface area contributed by atoms with Gasteiger partial charge in [-0.2, -0.15) is 9.50 Å². The van der Waals surface area contributed by atoms with Crippen molar-refractivity contribution in [2.75, 3.05) is 11.9 Å². The first kappa shape index (κ1) is 19.5. The quantitative estimate of drug-likeness (QED) is 0.458. The van der Waals surface area contributed by atoms with Gasteiger partial charge < -0.3 is 10.6 Å². The Morgan fingerprint density at radius 1 is 1.13 bits per heavy atom. The van der Waals surface area contributed by atoms with Gasteiger partial charge in [-0.15, -0.1) is 5.10 Å². The zero-order valence-corrected chi connectivity index (χ0v) is 17.0. The van der Waals surface area contributed by atoms with E-state index in [1.807, 2.05) is 43.3 Å². The SMILES string of the molecule is CCCCNC(=O)c1cccc(Nc2cc(C)nc3nc(-c4cccnc4)nn23)c1. The number of carbonyl (C=O) groups excluding carboxylic acids is 1. The van der Waals surface area contributed by atoms with E-state index in [0.29, 0.717) is 29.5 Å². The molecule has 0 saturated carbocycles. The average Bonchev–Trinajstić information content (AvgIpc) is 3.19. The highest BCUT2D eigenvalue weighted by atomic mass is 16.1. The molecule has 0 unspecified atom stereocenters. The highest BCUT2D eigenvalue weighted by molar-refractivity contribution is 5.95. The lowest BCUT2D eigenvalue weighted by atomic mass is 10.2. The van der Waals surface area contributed by atoms with Crippen LogP contribution in [-0.2, 0) is 0 Å². The molecule has 0 bridgehead atoms. The van der Waals surface area contributed by atoms with E-state index in [4.69, 9.17) is 0 Å². The van der Waals surface area contributed by atoms with Crippen molar-refractivity contribution in [1.29, 1.82) is 0 Å². The summed E-state index contributed by atoms with van der Waals surface area (Å²) in [6.45, 7) is 4.67. The largest absolute Gasteiger partial charge is 0.352 e. The zero-order chi connectivity index (χ0) is 20.9. The molecular formula is C22H23N7O. The number of aryl methyl sites for hydroxylation is 1. The number of nitrogens with zero attached hydrogens (tertiary/aromatic N) is 5. The number of benzene rings is 1. The molecule has 0 fully saturated rings. The van der Waals surface area contributed by atoms with Crippen LogP contribution in [-0.4, -0.2) is 37.0 Å². The van der Waals surface area contributed by atoms with E-state index in [-0.39, 0.29) is 5.91 Å². The van der Waals surface area contributed by atoms with E-state index < -0.39 is 0 Å². The van der Waals surface area contributed by atoms with E-state index >= 15 is 0 Å². The molecule has 2 N–H and O–H groups in total. The summed E-state index contributed by atoms with van der Waals surface area (Å²) in [6, 6.07) is 13.0. The first-order chi connectivity index (χ1) is 14.6. The summed E-state index contributed by atoms with van der Waals surface area (Å²) in [6.07, 6.45) is 5.43. The van der Waals surface area contributed by atoms with Gasteiger partial charge in [0.15, 0.2) is 5.82 Å². The maximum Gasteiger partial charge on any atom is 0.254 e. The van der Waals surface area contributed by atoms with Crippen molar-refractivity contribution >= 4 is 23.2 Å². The maximum absolute atomic E-state index is 12.4.